The van der Waals surface area contributed by atoms with Gasteiger partial charge in [-0.2, -0.15) is 8.42 Å². The van der Waals surface area contributed by atoms with Crippen LogP contribution in [0.5, 0.6) is 0 Å². The number of rotatable bonds is 16. The molecule has 1 aliphatic rings. The van der Waals surface area contributed by atoms with Crippen LogP contribution in [0.25, 0.3) is 0 Å². The van der Waals surface area contributed by atoms with Gasteiger partial charge in [0.2, 0.25) is 0 Å². The summed E-state index contributed by atoms with van der Waals surface area (Å²) in [7, 11) is -2.73. The summed E-state index contributed by atoms with van der Waals surface area (Å²) in [5.74, 6) is -0.589. The van der Waals surface area contributed by atoms with Crippen LogP contribution in [-0.2, 0) is 34.4 Å². The van der Waals surface area contributed by atoms with Gasteiger partial charge < -0.3 is 9.64 Å². The average Bonchev–Trinajstić information content (AvgIpc) is 3.18. The zero-order chi connectivity index (χ0) is 29.7. The fourth-order valence-corrected chi connectivity index (χ4v) is 5.81. The first-order chi connectivity index (χ1) is 19.7. The summed E-state index contributed by atoms with van der Waals surface area (Å²) in [4.78, 5) is 18.8. The number of hydrogen-bond acceptors (Lipinski definition) is 10. The quantitative estimate of drug-likeness (QED) is 0.0419. The fraction of sp³-hybridized carbons (Fsp3) is 0.379. The lowest BCUT2D eigenvalue weighted by molar-refractivity contribution is -0.432. The molecule has 2 N–H and O–H groups in total. The van der Waals surface area contributed by atoms with E-state index in [0.717, 1.165) is 53.9 Å². The van der Waals surface area contributed by atoms with Gasteiger partial charge in [-0.05, 0) is 74.2 Å². The molecule has 1 heterocycles. The largest absolute Gasteiger partial charge is 0.469 e. The molecule has 0 saturated heterocycles. The van der Waals surface area contributed by atoms with Crippen molar-refractivity contribution in [2.75, 3.05) is 24.3 Å². The lowest BCUT2D eigenvalue weighted by Crippen LogP contribution is -2.30. The number of fused-ring (bicyclic) bond motifs is 1. The van der Waals surface area contributed by atoms with Crippen molar-refractivity contribution in [2.24, 2.45) is 4.99 Å². The zero-order valence-corrected chi connectivity index (χ0v) is 24.8. The first-order valence-electron chi connectivity index (χ1n) is 13.2. The third-order valence-corrected chi connectivity index (χ3v) is 8.25. The van der Waals surface area contributed by atoms with E-state index >= 15 is 0 Å². The standard InChI is InChI=1S/C29H36N2O8S2/c1-29(18-9-4-7-15-28(32)37-2)25-22-24(40-39-38-33)16-17-26(25)31(20-11-21-41(34,35)36)27(29)14-8-10-19-30-23-12-5-3-6-13-23/h3,5-6,8,10,12-14,16-17,19,22,33H,4,7,9,11,15,18,20-21H2,1-2H3,(H,34,35,36). The van der Waals surface area contributed by atoms with E-state index < -0.39 is 15.5 Å². The van der Waals surface area contributed by atoms with Gasteiger partial charge in [0.1, 0.15) is 0 Å². The second-order valence-electron chi connectivity index (χ2n) is 9.72. The van der Waals surface area contributed by atoms with Gasteiger partial charge >= 0.3 is 5.97 Å². The van der Waals surface area contributed by atoms with Crippen molar-refractivity contribution >= 4 is 45.7 Å². The first-order valence-corrected chi connectivity index (χ1v) is 15.6. The van der Waals surface area contributed by atoms with Crippen LogP contribution in [0.2, 0.25) is 0 Å². The predicted octanol–water partition coefficient (Wildman–Crippen LogP) is 6.44. The predicted molar refractivity (Wildman–Crippen MR) is 160 cm³/mol. The zero-order valence-electron chi connectivity index (χ0n) is 23.1. The van der Waals surface area contributed by atoms with Crippen molar-refractivity contribution in [2.45, 2.75) is 55.8 Å². The van der Waals surface area contributed by atoms with Gasteiger partial charge in [0.05, 0.1) is 30.6 Å². The maximum atomic E-state index is 11.6. The number of aliphatic imine (C=N–C) groups is 1. The number of nitrogens with zero attached hydrogens (tertiary/aromatic N) is 2. The van der Waals surface area contributed by atoms with Crippen LogP contribution in [0.4, 0.5) is 11.4 Å². The topological polar surface area (TPSA) is 135 Å². The number of benzene rings is 2. The van der Waals surface area contributed by atoms with E-state index in [4.69, 9.17) is 9.99 Å². The molecule has 41 heavy (non-hydrogen) atoms. The monoisotopic (exact) mass is 604 g/mol. The Balaban J connectivity index is 1.94. The Hall–Kier alpha value is -3.00. The number of ether oxygens (including phenoxy) is 1. The summed E-state index contributed by atoms with van der Waals surface area (Å²) in [6.07, 6.45) is 11.1. The highest BCUT2D eigenvalue weighted by Crippen LogP contribution is 2.51. The number of carbonyl (C=O) groups is 1. The third kappa shape index (κ3) is 9.80. The maximum Gasteiger partial charge on any atom is 0.305 e. The van der Waals surface area contributed by atoms with E-state index in [-0.39, 0.29) is 18.1 Å². The van der Waals surface area contributed by atoms with Crippen LogP contribution in [0.1, 0.15) is 51.0 Å². The number of methoxy groups -OCH3 is 1. The Labute approximate surface area is 245 Å². The van der Waals surface area contributed by atoms with Crippen molar-refractivity contribution < 1.29 is 37.1 Å². The van der Waals surface area contributed by atoms with Gasteiger partial charge in [0.25, 0.3) is 10.1 Å². The summed E-state index contributed by atoms with van der Waals surface area (Å²) < 4.78 is 41.6. The van der Waals surface area contributed by atoms with Gasteiger partial charge in [-0.25, -0.2) is 5.26 Å². The second-order valence-corrected chi connectivity index (χ2v) is 12.1. The second kappa shape index (κ2) is 15.9. The minimum Gasteiger partial charge on any atom is -0.469 e. The van der Waals surface area contributed by atoms with Crippen LogP contribution in [0.3, 0.4) is 0 Å². The molecule has 0 aliphatic carbocycles. The smallest absolute Gasteiger partial charge is 0.305 e. The summed E-state index contributed by atoms with van der Waals surface area (Å²) in [5, 5.41) is 12.4. The SMILES string of the molecule is COC(=O)CCCCCC1(C)C(=CC=CC=Nc2ccccc2)N(CCCS(=O)(=O)O)c2ccc(SOOO)cc21. The number of esters is 1. The molecule has 222 valence electrons. The molecular weight excluding hydrogens is 568 g/mol. The highest BCUT2D eigenvalue weighted by Gasteiger charge is 2.43. The first kappa shape index (κ1) is 32.5. The van der Waals surface area contributed by atoms with Crippen LogP contribution in [0.15, 0.2) is 82.3 Å². The minimum atomic E-state index is -4.11. The fourth-order valence-electron chi connectivity index (χ4n) is 4.91. The van der Waals surface area contributed by atoms with Crippen LogP contribution in [0, 0.1) is 0 Å². The highest BCUT2D eigenvalue weighted by molar-refractivity contribution is 7.94. The Kier molecular flexibility index (Phi) is 12.6. The lowest BCUT2D eigenvalue weighted by Gasteiger charge is -2.30. The Morgan fingerprint density at radius 2 is 1.88 bits per heavy atom. The molecule has 1 aliphatic heterocycles. The van der Waals surface area contributed by atoms with Crippen molar-refractivity contribution in [1.29, 1.82) is 0 Å². The molecule has 1 unspecified atom stereocenters. The van der Waals surface area contributed by atoms with Gasteiger partial charge in [0.15, 0.2) is 0 Å². The third-order valence-electron chi connectivity index (χ3n) is 6.87. The van der Waals surface area contributed by atoms with Gasteiger partial charge in [-0.1, -0.05) is 42.2 Å². The molecule has 0 aromatic heterocycles. The molecule has 0 bridgehead atoms. The molecule has 10 nitrogen and oxygen atoms in total. The Bertz CT molecular complexity index is 1350. The molecular formula is C29H36N2O8S2. The van der Waals surface area contributed by atoms with Crippen LogP contribution in [-0.4, -0.2) is 49.8 Å². The highest BCUT2D eigenvalue weighted by atomic mass is 32.2. The van der Waals surface area contributed by atoms with Crippen molar-refractivity contribution in [3.63, 3.8) is 0 Å². The normalized spacial score (nSPS) is 18.0. The number of carbonyl (C=O) groups excluding carboxylic acids is 1. The van der Waals surface area contributed by atoms with Gasteiger partial charge in [-0.3, -0.25) is 14.3 Å². The summed E-state index contributed by atoms with van der Waals surface area (Å²) in [6.45, 7) is 2.50. The molecule has 2 aromatic carbocycles. The van der Waals surface area contributed by atoms with E-state index in [2.05, 4.69) is 26.2 Å². The molecule has 0 spiro atoms. The maximum absolute atomic E-state index is 11.6. The Morgan fingerprint density at radius 3 is 2.59 bits per heavy atom. The number of hydrogen-bond donors (Lipinski definition) is 2. The summed E-state index contributed by atoms with van der Waals surface area (Å²) in [6, 6.07) is 15.3. The average molecular weight is 605 g/mol. The van der Waals surface area contributed by atoms with E-state index in [9.17, 15) is 17.8 Å². The van der Waals surface area contributed by atoms with Crippen LogP contribution >= 0.6 is 12.0 Å². The number of allylic oxidation sites excluding steroid dienone is 4. The van der Waals surface area contributed by atoms with E-state index in [1.54, 1.807) is 6.21 Å². The van der Waals surface area contributed by atoms with Crippen molar-refractivity contribution in [3.8, 4) is 0 Å². The number of anilines is 1. The molecule has 0 radical (unpaired) electrons. The van der Waals surface area contributed by atoms with Crippen molar-refractivity contribution in [3.05, 3.63) is 78.0 Å². The summed E-state index contributed by atoms with van der Waals surface area (Å²) >= 11 is 0.866. The molecule has 0 fully saturated rings. The minimum absolute atomic E-state index is 0.224. The molecule has 0 amide bonds. The summed E-state index contributed by atoms with van der Waals surface area (Å²) in [5.41, 5.74) is 3.23. The number of para-hydroxylation sites is 1. The van der Waals surface area contributed by atoms with E-state index in [1.165, 1.54) is 7.11 Å². The molecule has 1 atom stereocenters. The lowest BCUT2D eigenvalue weighted by atomic mass is 9.77. The van der Waals surface area contributed by atoms with Gasteiger partial charge in [-0.15, -0.1) is 4.33 Å². The van der Waals surface area contributed by atoms with E-state index in [0.29, 0.717) is 24.3 Å². The van der Waals surface area contributed by atoms with Gasteiger partial charge in [0, 0.05) is 40.9 Å². The molecule has 3 rings (SSSR count). The molecule has 2 aromatic rings. The van der Waals surface area contributed by atoms with E-state index in [1.807, 2.05) is 66.8 Å². The van der Waals surface area contributed by atoms with Crippen LogP contribution < -0.4 is 4.90 Å². The molecule has 0 saturated carbocycles. The Morgan fingerprint density at radius 1 is 1.10 bits per heavy atom. The van der Waals surface area contributed by atoms with Crippen molar-refractivity contribution in [1.82, 2.24) is 0 Å². The number of unbranched alkanes of at least 4 members (excludes halogenated alkanes) is 2. The molecule has 12 heteroatoms.